The number of pyridine rings is 1. The molecule has 1 rings (SSSR count). The van der Waals surface area contributed by atoms with Crippen molar-refractivity contribution in [3.8, 4) is 0 Å². The minimum atomic E-state index is 0.400. The van der Waals surface area contributed by atoms with Gasteiger partial charge in [0.25, 0.3) is 0 Å². The largest absolute Gasteiger partial charge is 0.399 e. The van der Waals surface area contributed by atoms with Crippen LogP contribution in [0.2, 0.25) is 5.15 Å². The molecule has 0 fully saturated rings. The zero-order chi connectivity index (χ0) is 12.8. The van der Waals surface area contributed by atoms with Gasteiger partial charge in [0.2, 0.25) is 0 Å². The molecule has 0 aromatic carbocycles. The minimum Gasteiger partial charge on any atom is -0.399 e. The molecule has 4 heteroatoms. The van der Waals surface area contributed by atoms with Gasteiger partial charge in [0.05, 0.1) is 0 Å². The summed E-state index contributed by atoms with van der Waals surface area (Å²) in [6.07, 6.45) is 3.62. The van der Waals surface area contributed by atoms with E-state index in [-0.39, 0.29) is 0 Å². The van der Waals surface area contributed by atoms with Gasteiger partial charge in [0.1, 0.15) is 11.0 Å². The van der Waals surface area contributed by atoms with E-state index in [2.05, 4.69) is 30.7 Å². The molecule has 0 unspecified atom stereocenters. The predicted octanol–water partition coefficient (Wildman–Crippen LogP) is 3.72. The summed E-state index contributed by atoms with van der Waals surface area (Å²) in [6.45, 7) is 7.52. The number of anilines is 2. The summed E-state index contributed by atoms with van der Waals surface area (Å²) in [5, 5.41) is 0.459. The molecule has 0 amide bonds. The SMILES string of the molecule is CCCCCN(c1cc(N)cc(Cl)n1)C(C)C. The van der Waals surface area contributed by atoms with E-state index in [1.54, 1.807) is 6.07 Å². The number of halogens is 1. The number of hydrogen-bond donors (Lipinski definition) is 1. The second-order valence-electron chi connectivity index (χ2n) is 4.58. The number of unbranched alkanes of at least 4 members (excludes halogenated alkanes) is 2. The topological polar surface area (TPSA) is 42.1 Å². The summed E-state index contributed by atoms with van der Waals surface area (Å²) in [5.74, 6) is 0.876. The fourth-order valence-electron chi connectivity index (χ4n) is 1.82. The van der Waals surface area contributed by atoms with Crippen molar-refractivity contribution in [1.29, 1.82) is 0 Å². The van der Waals surface area contributed by atoms with Crippen LogP contribution < -0.4 is 10.6 Å². The van der Waals surface area contributed by atoms with Crippen LogP contribution in [0, 0.1) is 0 Å². The third-order valence-corrected chi connectivity index (χ3v) is 2.92. The Morgan fingerprint density at radius 3 is 2.59 bits per heavy atom. The van der Waals surface area contributed by atoms with E-state index in [0.717, 1.165) is 12.4 Å². The highest BCUT2D eigenvalue weighted by atomic mass is 35.5. The molecule has 0 saturated carbocycles. The fourth-order valence-corrected chi connectivity index (χ4v) is 2.03. The van der Waals surface area contributed by atoms with Crippen molar-refractivity contribution < 1.29 is 0 Å². The Bertz CT molecular complexity index is 332. The van der Waals surface area contributed by atoms with Gasteiger partial charge in [-0.05, 0) is 26.3 Å². The predicted molar refractivity (Wildman–Crippen MR) is 75.7 cm³/mol. The molecule has 3 nitrogen and oxygen atoms in total. The van der Waals surface area contributed by atoms with Gasteiger partial charge < -0.3 is 10.6 Å². The summed E-state index contributed by atoms with van der Waals surface area (Å²) in [5.41, 5.74) is 6.47. The summed E-state index contributed by atoms with van der Waals surface area (Å²) in [4.78, 5) is 6.59. The molecule has 0 saturated heterocycles. The highest BCUT2D eigenvalue weighted by Crippen LogP contribution is 2.21. The normalized spacial score (nSPS) is 10.9. The van der Waals surface area contributed by atoms with E-state index in [1.165, 1.54) is 19.3 Å². The van der Waals surface area contributed by atoms with Gasteiger partial charge in [0.15, 0.2) is 0 Å². The van der Waals surface area contributed by atoms with Crippen molar-refractivity contribution in [3.05, 3.63) is 17.3 Å². The Morgan fingerprint density at radius 2 is 2.06 bits per heavy atom. The van der Waals surface area contributed by atoms with E-state index in [0.29, 0.717) is 16.9 Å². The van der Waals surface area contributed by atoms with Gasteiger partial charge in [-0.25, -0.2) is 4.98 Å². The number of nitrogens with two attached hydrogens (primary N) is 1. The number of nitrogen functional groups attached to an aromatic ring is 1. The minimum absolute atomic E-state index is 0.400. The van der Waals surface area contributed by atoms with Crippen LogP contribution in [0.15, 0.2) is 12.1 Å². The van der Waals surface area contributed by atoms with E-state index >= 15 is 0 Å². The van der Waals surface area contributed by atoms with Crippen molar-refractivity contribution in [2.45, 2.75) is 46.1 Å². The maximum atomic E-state index is 5.94. The zero-order valence-electron chi connectivity index (χ0n) is 10.9. The van der Waals surface area contributed by atoms with Crippen LogP contribution >= 0.6 is 11.6 Å². The van der Waals surface area contributed by atoms with Crippen molar-refractivity contribution in [1.82, 2.24) is 4.98 Å². The molecular weight excluding hydrogens is 234 g/mol. The lowest BCUT2D eigenvalue weighted by atomic mass is 10.2. The Hall–Kier alpha value is -0.960. The maximum Gasteiger partial charge on any atom is 0.133 e. The standard InChI is InChI=1S/C13H22ClN3/c1-4-5-6-7-17(10(2)3)13-9-11(15)8-12(14)16-13/h8-10H,4-7H2,1-3H3,(H2,15,16). The zero-order valence-corrected chi connectivity index (χ0v) is 11.7. The Balaban J connectivity index is 2.81. The van der Waals surface area contributed by atoms with Gasteiger partial charge in [-0.1, -0.05) is 31.4 Å². The van der Waals surface area contributed by atoms with Gasteiger partial charge in [0, 0.05) is 24.3 Å². The van der Waals surface area contributed by atoms with Crippen LogP contribution in [-0.4, -0.2) is 17.6 Å². The Kier molecular flexibility index (Phi) is 5.56. The smallest absolute Gasteiger partial charge is 0.133 e. The van der Waals surface area contributed by atoms with Crippen LogP contribution in [-0.2, 0) is 0 Å². The molecule has 0 spiro atoms. The Labute approximate surface area is 109 Å². The van der Waals surface area contributed by atoms with E-state index in [4.69, 9.17) is 17.3 Å². The Morgan fingerprint density at radius 1 is 1.35 bits per heavy atom. The molecule has 0 bridgehead atoms. The lowest BCUT2D eigenvalue weighted by Crippen LogP contribution is -2.32. The van der Waals surface area contributed by atoms with Crippen molar-refractivity contribution >= 4 is 23.1 Å². The summed E-state index contributed by atoms with van der Waals surface area (Å²) >= 11 is 5.94. The third-order valence-electron chi connectivity index (χ3n) is 2.72. The van der Waals surface area contributed by atoms with Gasteiger partial charge in [-0.3, -0.25) is 0 Å². The van der Waals surface area contributed by atoms with Crippen LogP contribution in [0.25, 0.3) is 0 Å². The first-order valence-electron chi connectivity index (χ1n) is 6.24. The molecule has 96 valence electrons. The monoisotopic (exact) mass is 255 g/mol. The van der Waals surface area contributed by atoms with Crippen LogP contribution in [0.3, 0.4) is 0 Å². The molecule has 0 aliphatic rings. The van der Waals surface area contributed by atoms with Crippen LogP contribution in [0.1, 0.15) is 40.0 Å². The highest BCUT2D eigenvalue weighted by molar-refractivity contribution is 6.29. The van der Waals surface area contributed by atoms with Crippen molar-refractivity contribution in [2.24, 2.45) is 0 Å². The first-order valence-corrected chi connectivity index (χ1v) is 6.62. The van der Waals surface area contributed by atoms with Crippen LogP contribution in [0.4, 0.5) is 11.5 Å². The summed E-state index contributed by atoms with van der Waals surface area (Å²) in [6, 6.07) is 3.96. The first-order chi connectivity index (χ1) is 8.04. The molecule has 0 aliphatic heterocycles. The van der Waals surface area contributed by atoms with Crippen molar-refractivity contribution in [3.63, 3.8) is 0 Å². The molecule has 2 N–H and O–H groups in total. The molecule has 0 aliphatic carbocycles. The summed E-state index contributed by atoms with van der Waals surface area (Å²) < 4.78 is 0. The molecule has 0 atom stereocenters. The second-order valence-corrected chi connectivity index (χ2v) is 4.96. The van der Waals surface area contributed by atoms with E-state index in [1.807, 2.05) is 6.07 Å². The van der Waals surface area contributed by atoms with Gasteiger partial charge >= 0.3 is 0 Å². The molecule has 0 radical (unpaired) electrons. The average molecular weight is 256 g/mol. The molecular formula is C13H22ClN3. The average Bonchev–Trinajstić information content (AvgIpc) is 2.22. The number of rotatable bonds is 6. The molecule has 17 heavy (non-hydrogen) atoms. The lowest BCUT2D eigenvalue weighted by molar-refractivity contribution is 0.620. The third kappa shape index (κ3) is 4.43. The van der Waals surface area contributed by atoms with Gasteiger partial charge in [-0.2, -0.15) is 0 Å². The number of nitrogens with zero attached hydrogens (tertiary/aromatic N) is 2. The van der Waals surface area contributed by atoms with Crippen molar-refractivity contribution in [2.75, 3.05) is 17.2 Å². The fraction of sp³-hybridized carbons (Fsp3) is 0.615. The molecule has 1 aromatic rings. The molecule has 1 aromatic heterocycles. The number of aromatic nitrogens is 1. The van der Waals surface area contributed by atoms with Gasteiger partial charge in [-0.15, -0.1) is 0 Å². The van der Waals surface area contributed by atoms with Crippen LogP contribution in [0.5, 0.6) is 0 Å². The summed E-state index contributed by atoms with van der Waals surface area (Å²) in [7, 11) is 0. The van der Waals surface area contributed by atoms with E-state index < -0.39 is 0 Å². The quantitative estimate of drug-likeness (QED) is 0.622. The first kappa shape index (κ1) is 14.1. The van der Waals surface area contributed by atoms with E-state index in [9.17, 15) is 0 Å². The lowest BCUT2D eigenvalue weighted by Gasteiger charge is -2.28. The number of hydrogen-bond acceptors (Lipinski definition) is 3. The second kappa shape index (κ2) is 6.70. The maximum absolute atomic E-state index is 5.94. The highest BCUT2D eigenvalue weighted by Gasteiger charge is 2.12. The molecule has 1 heterocycles.